The molecule has 0 unspecified atom stereocenters. The summed E-state index contributed by atoms with van der Waals surface area (Å²) in [5, 5.41) is 3.26. The van der Waals surface area contributed by atoms with E-state index in [0.717, 1.165) is 24.5 Å². The van der Waals surface area contributed by atoms with Crippen LogP contribution in [-0.4, -0.2) is 16.5 Å². The molecule has 0 bridgehead atoms. The Hall–Kier alpha value is -0.950. The Morgan fingerprint density at radius 3 is 2.76 bits per heavy atom. The molecule has 0 saturated heterocycles. The minimum absolute atomic E-state index is 0.534. The van der Waals surface area contributed by atoms with Gasteiger partial charge in [0.25, 0.3) is 0 Å². The molecule has 0 amide bonds. The maximum absolute atomic E-state index is 5.16. The van der Waals surface area contributed by atoms with Crippen molar-refractivity contribution in [3.05, 3.63) is 38.2 Å². The van der Waals surface area contributed by atoms with E-state index >= 15 is 0 Å². The second-order valence-corrected chi connectivity index (χ2v) is 5.56. The first-order valence-corrected chi connectivity index (χ1v) is 6.86. The van der Waals surface area contributed by atoms with Crippen LogP contribution in [0.3, 0.4) is 0 Å². The van der Waals surface area contributed by atoms with E-state index < -0.39 is 0 Å². The topological polar surface area (TPSA) is 40.7 Å². The van der Waals surface area contributed by atoms with Gasteiger partial charge in [-0.3, -0.25) is 0 Å². The van der Waals surface area contributed by atoms with Crippen molar-refractivity contribution < 1.29 is 0 Å². The summed E-state index contributed by atoms with van der Waals surface area (Å²) in [6.45, 7) is 0.937. The molecule has 0 saturated carbocycles. The lowest BCUT2D eigenvalue weighted by Gasteiger charge is -2.07. The summed E-state index contributed by atoms with van der Waals surface area (Å²) in [5.41, 5.74) is 3.50. The number of halogens is 1. The molecule has 2 aromatic rings. The van der Waals surface area contributed by atoms with Crippen LogP contribution < -0.4 is 5.32 Å². The molecule has 0 fully saturated rings. The lowest BCUT2D eigenvalue weighted by Crippen LogP contribution is -1.96. The van der Waals surface area contributed by atoms with E-state index in [4.69, 9.17) is 12.2 Å². The molecular formula is C12H10IN3S. The maximum Gasteiger partial charge on any atom is 0.199 e. The van der Waals surface area contributed by atoms with Crippen molar-refractivity contribution in [2.75, 3.05) is 11.9 Å². The molecule has 0 atom stereocenters. The van der Waals surface area contributed by atoms with Crippen molar-refractivity contribution >= 4 is 40.6 Å². The summed E-state index contributed by atoms with van der Waals surface area (Å²) >= 11 is 7.46. The van der Waals surface area contributed by atoms with E-state index in [0.29, 0.717) is 4.77 Å². The number of aromatic amines is 1. The number of hydrogen-bond acceptors (Lipinski definition) is 3. The van der Waals surface area contributed by atoms with Crippen LogP contribution in [0.2, 0.25) is 0 Å². The van der Waals surface area contributed by atoms with Crippen LogP contribution in [0.5, 0.6) is 0 Å². The average molecular weight is 355 g/mol. The highest BCUT2D eigenvalue weighted by atomic mass is 127. The van der Waals surface area contributed by atoms with Crippen LogP contribution in [-0.2, 0) is 6.42 Å². The highest BCUT2D eigenvalue weighted by Crippen LogP contribution is 2.29. The van der Waals surface area contributed by atoms with Gasteiger partial charge >= 0.3 is 0 Å². The van der Waals surface area contributed by atoms with Gasteiger partial charge in [0.2, 0.25) is 0 Å². The molecule has 0 spiro atoms. The van der Waals surface area contributed by atoms with Gasteiger partial charge in [-0.25, -0.2) is 4.98 Å². The predicted octanol–water partition coefficient (Wildman–Crippen LogP) is 3.38. The highest BCUT2D eigenvalue weighted by Gasteiger charge is 2.17. The number of hydrogen-bond donors (Lipinski definition) is 2. The number of rotatable bonds is 1. The molecule has 1 aromatic carbocycles. The highest BCUT2D eigenvalue weighted by molar-refractivity contribution is 14.1. The first kappa shape index (κ1) is 11.2. The molecule has 1 aromatic heterocycles. The fraction of sp³-hybridized carbons (Fsp3) is 0.167. The average Bonchev–Trinajstić information content (AvgIpc) is 2.77. The molecule has 17 heavy (non-hydrogen) atoms. The molecule has 3 nitrogen and oxygen atoms in total. The molecule has 0 aliphatic carbocycles. The lowest BCUT2D eigenvalue weighted by atomic mass is 10.1. The molecule has 5 heteroatoms. The van der Waals surface area contributed by atoms with Crippen LogP contribution in [0.25, 0.3) is 11.3 Å². The molecule has 86 valence electrons. The fourth-order valence-electron chi connectivity index (χ4n) is 2.06. The molecule has 1 aliphatic rings. The van der Waals surface area contributed by atoms with Crippen LogP contribution in [0.15, 0.2) is 24.3 Å². The quantitative estimate of drug-likeness (QED) is 0.609. The lowest BCUT2D eigenvalue weighted by molar-refractivity contribution is 1.08. The SMILES string of the molecule is S=c1nc2c(c(-c3ccc(I)cc3)[nH]1)CCN2. The molecule has 3 rings (SSSR count). The summed E-state index contributed by atoms with van der Waals surface area (Å²) < 4.78 is 1.76. The standard InChI is InChI=1S/C12H10IN3S/c13-8-3-1-7(2-4-8)10-9-5-6-14-11(9)16-12(17)15-10/h1-4H,5-6H2,(H2,14,15,16,17). The Bertz CT molecular complexity index is 619. The maximum atomic E-state index is 5.16. The van der Waals surface area contributed by atoms with E-state index in [9.17, 15) is 0 Å². The zero-order valence-electron chi connectivity index (χ0n) is 8.96. The van der Waals surface area contributed by atoms with Gasteiger partial charge in [0.1, 0.15) is 5.82 Å². The Balaban J connectivity index is 2.21. The minimum Gasteiger partial charge on any atom is -0.369 e. The number of fused-ring (bicyclic) bond motifs is 1. The van der Waals surface area contributed by atoms with Crippen molar-refractivity contribution in [3.8, 4) is 11.3 Å². The van der Waals surface area contributed by atoms with Crippen molar-refractivity contribution in [2.45, 2.75) is 6.42 Å². The van der Waals surface area contributed by atoms with Gasteiger partial charge in [0.05, 0.1) is 5.69 Å². The van der Waals surface area contributed by atoms with Gasteiger partial charge in [-0.1, -0.05) is 12.1 Å². The summed E-state index contributed by atoms with van der Waals surface area (Å²) in [6, 6.07) is 8.42. The predicted molar refractivity (Wildman–Crippen MR) is 79.8 cm³/mol. The van der Waals surface area contributed by atoms with E-state index in [1.807, 2.05) is 0 Å². The van der Waals surface area contributed by atoms with Crippen LogP contribution in [0, 0.1) is 8.34 Å². The number of nitrogens with one attached hydrogen (secondary N) is 2. The summed E-state index contributed by atoms with van der Waals surface area (Å²) in [5.74, 6) is 0.933. The van der Waals surface area contributed by atoms with E-state index in [2.05, 4.69) is 62.1 Å². The van der Waals surface area contributed by atoms with Crippen LogP contribution >= 0.6 is 34.8 Å². The van der Waals surface area contributed by atoms with Gasteiger partial charge < -0.3 is 10.3 Å². The zero-order chi connectivity index (χ0) is 11.8. The van der Waals surface area contributed by atoms with Crippen molar-refractivity contribution in [2.24, 2.45) is 0 Å². The third-order valence-electron chi connectivity index (χ3n) is 2.83. The van der Waals surface area contributed by atoms with Gasteiger partial charge in [-0.2, -0.15) is 0 Å². The number of H-pyrrole nitrogens is 1. The van der Waals surface area contributed by atoms with E-state index in [1.165, 1.54) is 14.7 Å². The molecule has 2 heterocycles. The van der Waals surface area contributed by atoms with Gasteiger partial charge in [0.15, 0.2) is 4.77 Å². The summed E-state index contributed by atoms with van der Waals surface area (Å²) in [6.07, 6.45) is 0.996. The smallest absolute Gasteiger partial charge is 0.199 e. The second-order valence-electron chi connectivity index (χ2n) is 3.93. The first-order chi connectivity index (χ1) is 8.24. The van der Waals surface area contributed by atoms with Crippen LogP contribution in [0.1, 0.15) is 5.56 Å². The third-order valence-corrected chi connectivity index (χ3v) is 3.75. The molecular weight excluding hydrogens is 345 g/mol. The number of aromatic nitrogens is 2. The van der Waals surface area contributed by atoms with Crippen molar-refractivity contribution in [1.82, 2.24) is 9.97 Å². The Morgan fingerprint density at radius 2 is 2.00 bits per heavy atom. The normalized spacial score (nSPS) is 13.2. The molecule has 1 aliphatic heterocycles. The van der Waals surface area contributed by atoms with Crippen LogP contribution in [0.4, 0.5) is 5.82 Å². The first-order valence-electron chi connectivity index (χ1n) is 5.37. The van der Waals surface area contributed by atoms with E-state index in [-0.39, 0.29) is 0 Å². The van der Waals surface area contributed by atoms with Gasteiger partial charge in [0, 0.05) is 15.7 Å². The second kappa shape index (κ2) is 4.38. The van der Waals surface area contributed by atoms with E-state index in [1.54, 1.807) is 0 Å². The van der Waals surface area contributed by atoms with Crippen molar-refractivity contribution in [1.29, 1.82) is 0 Å². The Morgan fingerprint density at radius 1 is 1.24 bits per heavy atom. The van der Waals surface area contributed by atoms with Gasteiger partial charge in [-0.05, 0) is 58.9 Å². The third kappa shape index (κ3) is 2.09. The monoisotopic (exact) mass is 355 g/mol. The van der Waals surface area contributed by atoms with Gasteiger partial charge in [-0.15, -0.1) is 0 Å². The number of anilines is 1. The Labute approximate surface area is 118 Å². The number of benzene rings is 1. The summed E-state index contributed by atoms with van der Waals surface area (Å²) in [7, 11) is 0. The van der Waals surface area contributed by atoms with Crippen molar-refractivity contribution in [3.63, 3.8) is 0 Å². The zero-order valence-corrected chi connectivity index (χ0v) is 11.9. The molecule has 0 radical (unpaired) electrons. The Kier molecular flexibility index (Phi) is 2.87. The number of nitrogens with zero attached hydrogens (tertiary/aromatic N) is 1. The fourth-order valence-corrected chi connectivity index (χ4v) is 2.61. The molecule has 2 N–H and O–H groups in total. The largest absolute Gasteiger partial charge is 0.369 e. The minimum atomic E-state index is 0.534. The summed E-state index contributed by atoms with van der Waals surface area (Å²) in [4.78, 5) is 7.51.